The number of hydrogen-bond donors (Lipinski definition) is 3. The van der Waals surface area contributed by atoms with Crippen LogP contribution in [0.1, 0.15) is 24.9 Å². The average molecular weight is 431 g/mol. The van der Waals surface area contributed by atoms with Crippen molar-refractivity contribution >= 4 is 64.5 Å². The lowest BCUT2D eigenvalue weighted by Gasteiger charge is -2.38. The molecule has 9 heteroatoms. The highest BCUT2D eigenvalue weighted by Gasteiger charge is 2.37. The van der Waals surface area contributed by atoms with E-state index in [0.717, 1.165) is 0 Å². The van der Waals surface area contributed by atoms with Gasteiger partial charge in [0.05, 0.1) is 6.04 Å². The number of nitrogens with zero attached hydrogens (tertiary/aromatic N) is 1. The molecule has 2 aromatic rings. The first-order valence-electron chi connectivity index (χ1n) is 7.91. The molecule has 0 unspecified atom stereocenters. The molecule has 0 spiro atoms. The van der Waals surface area contributed by atoms with Crippen molar-refractivity contribution in [2.45, 2.75) is 25.4 Å². The van der Waals surface area contributed by atoms with E-state index in [4.69, 9.17) is 28.9 Å². The van der Waals surface area contributed by atoms with Gasteiger partial charge in [-0.1, -0.05) is 23.2 Å². The van der Waals surface area contributed by atoms with Crippen LogP contribution in [0.4, 0.5) is 17.1 Å². The topological polar surface area (TPSA) is 95.7 Å². The Kier molecular flexibility index (Phi) is 6.46. The summed E-state index contributed by atoms with van der Waals surface area (Å²) in [7, 11) is 0. The number of nitrogens with two attached hydrogens (primary N) is 1. The fourth-order valence-electron chi connectivity index (χ4n) is 3.24. The molecule has 0 aromatic heterocycles. The number of carbonyl (C=O) groups excluding carboxylic acids is 1. The largest absolute Gasteiger partial charge is 0.480 e. The molecule has 1 amide bonds. The summed E-state index contributed by atoms with van der Waals surface area (Å²) >= 11 is 12.5. The average Bonchev–Trinajstić information content (AvgIpc) is 2.55. The smallest absolute Gasteiger partial charge is 0.326 e. The number of nitrogen functional groups attached to an aromatic ring is 1. The van der Waals surface area contributed by atoms with Crippen LogP contribution in [-0.2, 0) is 9.59 Å². The number of amides is 1. The van der Waals surface area contributed by atoms with Gasteiger partial charge in [0.15, 0.2) is 0 Å². The number of fused-ring (bicyclic) bond motifs is 1. The first kappa shape index (κ1) is 21.2. The van der Waals surface area contributed by atoms with Gasteiger partial charge in [-0.3, -0.25) is 4.79 Å². The molecule has 27 heavy (non-hydrogen) atoms. The summed E-state index contributed by atoms with van der Waals surface area (Å²) in [4.78, 5) is 25.6. The number of hydrogen-bond acceptors (Lipinski definition) is 4. The summed E-state index contributed by atoms with van der Waals surface area (Å²) in [6, 6.07) is 8.58. The predicted molar refractivity (Wildman–Crippen MR) is 110 cm³/mol. The second-order valence-electron chi connectivity index (χ2n) is 6.12. The van der Waals surface area contributed by atoms with Gasteiger partial charge in [0.25, 0.3) is 0 Å². The fraction of sp³-hybridized carbons (Fsp3) is 0.222. The molecular formula is C18H18Cl3N3O3. The second-order valence-corrected chi connectivity index (χ2v) is 6.96. The molecule has 144 valence electrons. The molecule has 2 atom stereocenters. The molecule has 0 saturated heterocycles. The minimum atomic E-state index is -1.02. The van der Waals surface area contributed by atoms with E-state index in [2.05, 4.69) is 5.32 Å². The van der Waals surface area contributed by atoms with Crippen molar-refractivity contribution in [2.75, 3.05) is 16.0 Å². The van der Waals surface area contributed by atoms with E-state index in [-0.39, 0.29) is 24.7 Å². The Morgan fingerprint density at radius 1 is 1.22 bits per heavy atom. The second kappa shape index (κ2) is 8.25. The summed E-state index contributed by atoms with van der Waals surface area (Å²) in [6.07, 6.45) is 0.160. The van der Waals surface area contributed by atoms with Crippen LogP contribution in [0.5, 0.6) is 0 Å². The van der Waals surface area contributed by atoms with Crippen molar-refractivity contribution in [2.24, 2.45) is 0 Å². The van der Waals surface area contributed by atoms with Gasteiger partial charge in [-0.25, -0.2) is 4.79 Å². The van der Waals surface area contributed by atoms with Gasteiger partial charge in [0.2, 0.25) is 5.91 Å². The van der Waals surface area contributed by atoms with Crippen LogP contribution in [0.2, 0.25) is 10.0 Å². The quantitative estimate of drug-likeness (QED) is 0.629. The summed E-state index contributed by atoms with van der Waals surface area (Å²) in [5.74, 6) is -1.25. The number of carboxylic acid groups (broad SMARTS) is 1. The Hall–Kier alpha value is -2.15. The number of nitrogens with one attached hydrogen (secondary N) is 1. The van der Waals surface area contributed by atoms with Gasteiger partial charge >= 0.3 is 5.97 Å². The number of rotatable bonds is 3. The Morgan fingerprint density at radius 3 is 2.41 bits per heavy atom. The highest BCUT2D eigenvalue weighted by Crippen LogP contribution is 2.44. The van der Waals surface area contributed by atoms with Crippen LogP contribution in [0.15, 0.2) is 36.4 Å². The van der Waals surface area contributed by atoms with E-state index >= 15 is 0 Å². The fourth-order valence-corrected chi connectivity index (χ4v) is 3.86. The first-order valence-corrected chi connectivity index (χ1v) is 8.67. The molecule has 1 aliphatic rings. The molecule has 0 radical (unpaired) electrons. The molecule has 3 rings (SSSR count). The van der Waals surface area contributed by atoms with Crippen molar-refractivity contribution < 1.29 is 14.7 Å². The number of anilines is 3. The summed E-state index contributed by atoms with van der Waals surface area (Å²) in [5.41, 5.74) is 8.06. The molecule has 0 fully saturated rings. The zero-order valence-electron chi connectivity index (χ0n) is 14.3. The highest BCUT2D eigenvalue weighted by molar-refractivity contribution is 6.35. The lowest BCUT2D eigenvalue weighted by atomic mass is 9.91. The van der Waals surface area contributed by atoms with Gasteiger partial charge in [-0.2, -0.15) is 0 Å². The van der Waals surface area contributed by atoms with Crippen LogP contribution in [0.3, 0.4) is 0 Å². The van der Waals surface area contributed by atoms with Crippen LogP contribution in [0, 0.1) is 0 Å². The van der Waals surface area contributed by atoms with Crippen molar-refractivity contribution in [3.8, 4) is 0 Å². The van der Waals surface area contributed by atoms with Crippen LogP contribution in [-0.4, -0.2) is 23.0 Å². The van der Waals surface area contributed by atoms with E-state index in [1.54, 1.807) is 36.4 Å². The molecule has 0 aliphatic carbocycles. The number of carboxylic acids is 1. The maximum atomic E-state index is 12.5. The minimum absolute atomic E-state index is 0. The van der Waals surface area contributed by atoms with Crippen molar-refractivity contribution in [3.05, 3.63) is 52.0 Å². The Morgan fingerprint density at radius 2 is 1.85 bits per heavy atom. The summed E-state index contributed by atoms with van der Waals surface area (Å²) < 4.78 is 0. The van der Waals surface area contributed by atoms with Gasteiger partial charge in [-0.15, -0.1) is 12.4 Å². The molecule has 6 nitrogen and oxygen atoms in total. The third-order valence-electron chi connectivity index (χ3n) is 4.34. The molecule has 0 saturated carbocycles. The van der Waals surface area contributed by atoms with E-state index in [1.807, 2.05) is 0 Å². The van der Waals surface area contributed by atoms with Crippen LogP contribution < -0.4 is 16.0 Å². The Bertz CT molecular complexity index is 874. The maximum absolute atomic E-state index is 12.5. The van der Waals surface area contributed by atoms with Gasteiger partial charge in [0.1, 0.15) is 6.04 Å². The maximum Gasteiger partial charge on any atom is 0.326 e. The van der Waals surface area contributed by atoms with E-state index in [9.17, 15) is 14.7 Å². The van der Waals surface area contributed by atoms with Crippen LogP contribution in [0.25, 0.3) is 0 Å². The van der Waals surface area contributed by atoms with Crippen LogP contribution >= 0.6 is 35.6 Å². The zero-order chi connectivity index (χ0) is 19.0. The number of carbonyl (C=O) groups is 2. The number of aliphatic carboxylic acids is 1. The highest BCUT2D eigenvalue weighted by atomic mass is 35.5. The number of benzene rings is 2. The molecule has 0 bridgehead atoms. The molecule has 1 aliphatic heterocycles. The minimum Gasteiger partial charge on any atom is -0.480 e. The SMILES string of the molecule is CC(=O)N(c1ccc(N)cc1)[C@@H]1C[C@@H](C(=O)O)Nc2cc(Cl)cc(Cl)c21.Cl. The normalized spacial score (nSPS) is 17.9. The van der Waals surface area contributed by atoms with E-state index in [0.29, 0.717) is 32.7 Å². The number of halogens is 3. The molecule has 2 aromatic carbocycles. The van der Waals surface area contributed by atoms with Gasteiger partial charge < -0.3 is 21.1 Å². The van der Waals surface area contributed by atoms with Gasteiger partial charge in [0, 0.05) is 46.0 Å². The first-order chi connectivity index (χ1) is 12.3. The molecular weight excluding hydrogens is 413 g/mol. The van der Waals surface area contributed by atoms with Gasteiger partial charge in [-0.05, 0) is 36.4 Å². The molecule has 1 heterocycles. The van der Waals surface area contributed by atoms with E-state index in [1.165, 1.54) is 11.8 Å². The third-order valence-corrected chi connectivity index (χ3v) is 4.87. The predicted octanol–water partition coefficient (Wildman–Crippen LogP) is 4.36. The monoisotopic (exact) mass is 429 g/mol. The third kappa shape index (κ3) is 4.24. The van der Waals surface area contributed by atoms with Crippen molar-refractivity contribution in [3.63, 3.8) is 0 Å². The zero-order valence-corrected chi connectivity index (χ0v) is 16.6. The Balaban J connectivity index is 0.00000261. The molecule has 4 N–H and O–H groups in total. The lowest BCUT2D eigenvalue weighted by molar-refractivity contribution is -0.138. The van der Waals surface area contributed by atoms with E-state index < -0.39 is 18.1 Å². The Labute approximate surface area is 172 Å². The summed E-state index contributed by atoms with van der Waals surface area (Å²) in [5, 5.41) is 13.2. The lowest BCUT2D eigenvalue weighted by Crippen LogP contribution is -2.43. The summed E-state index contributed by atoms with van der Waals surface area (Å²) in [6.45, 7) is 1.43. The van der Waals surface area contributed by atoms with Crippen molar-refractivity contribution in [1.29, 1.82) is 0 Å². The van der Waals surface area contributed by atoms with Crippen molar-refractivity contribution in [1.82, 2.24) is 0 Å². The standard InChI is InChI=1S/C18H17Cl2N3O3.ClH/c1-9(24)23(12-4-2-11(21)3-5-12)16-8-15(18(25)26)22-14-7-10(19)6-13(20)17(14)16;/h2-7,15-16,22H,8,21H2,1H3,(H,25,26);1H/t15-,16+;/m0./s1.